The van der Waals surface area contributed by atoms with Crippen LogP contribution in [0.15, 0.2) is 0 Å². The van der Waals surface area contributed by atoms with Crippen LogP contribution in [0.25, 0.3) is 0 Å². The molecule has 0 radical (unpaired) electrons. The zero-order valence-corrected chi connectivity index (χ0v) is 12.1. The third-order valence-electron chi connectivity index (χ3n) is 4.78. The van der Waals surface area contributed by atoms with E-state index in [4.69, 9.17) is 4.74 Å². The molecule has 2 unspecified atom stereocenters. The van der Waals surface area contributed by atoms with Crippen LogP contribution < -0.4 is 0 Å². The summed E-state index contributed by atoms with van der Waals surface area (Å²) in [5.74, 6) is -0.465. The Morgan fingerprint density at radius 3 is 2.56 bits per heavy atom. The maximum atomic E-state index is 12.9. The smallest absolute Gasteiger partial charge is 0.304 e. The van der Waals surface area contributed by atoms with Crippen LogP contribution in [-0.2, 0) is 15.0 Å². The molecule has 2 fully saturated rings. The van der Waals surface area contributed by atoms with Gasteiger partial charge in [0.15, 0.2) is 0 Å². The van der Waals surface area contributed by atoms with Gasteiger partial charge in [0.2, 0.25) is 0 Å². The van der Waals surface area contributed by atoms with E-state index in [1.165, 1.54) is 0 Å². The molecule has 2 aliphatic rings. The molecule has 1 aliphatic carbocycles. The van der Waals surface area contributed by atoms with E-state index in [1.54, 1.807) is 0 Å². The molecule has 0 bridgehead atoms. The van der Waals surface area contributed by atoms with Crippen LogP contribution in [0.4, 0.5) is 3.89 Å². The van der Waals surface area contributed by atoms with Crippen LogP contribution in [0.5, 0.6) is 0 Å². The molecule has 18 heavy (non-hydrogen) atoms. The van der Waals surface area contributed by atoms with Gasteiger partial charge >= 0.3 is 10.2 Å². The van der Waals surface area contributed by atoms with Crippen molar-refractivity contribution in [2.45, 2.75) is 58.5 Å². The minimum atomic E-state index is -4.45. The van der Waals surface area contributed by atoms with Crippen LogP contribution in [0.2, 0.25) is 0 Å². The van der Waals surface area contributed by atoms with Gasteiger partial charge in [-0.25, -0.2) is 0 Å². The Bertz CT molecular complexity index is 404. The standard InChI is InChI=1S/C13H23FO3S/c1-12(2)4-3-5-13(7-6-12)8-9-17-11(13)10-18(14,15)16/h11H,3-10H2,1-2H3. The van der Waals surface area contributed by atoms with Crippen LogP contribution in [0.3, 0.4) is 0 Å². The van der Waals surface area contributed by atoms with Crippen molar-refractivity contribution in [2.75, 3.05) is 12.4 Å². The Balaban J connectivity index is 2.13. The lowest BCUT2D eigenvalue weighted by Crippen LogP contribution is -2.35. The molecule has 3 nitrogen and oxygen atoms in total. The zero-order valence-electron chi connectivity index (χ0n) is 11.2. The molecule has 2 atom stereocenters. The first-order valence-corrected chi connectivity index (χ1v) is 8.32. The molecule has 1 saturated carbocycles. The molecule has 0 amide bonds. The van der Waals surface area contributed by atoms with Gasteiger partial charge in [-0.15, -0.1) is 3.89 Å². The number of rotatable bonds is 2. The van der Waals surface area contributed by atoms with Gasteiger partial charge < -0.3 is 4.74 Å². The topological polar surface area (TPSA) is 43.4 Å². The molecule has 0 aromatic rings. The van der Waals surface area contributed by atoms with Crippen molar-refractivity contribution in [3.8, 4) is 0 Å². The van der Waals surface area contributed by atoms with Gasteiger partial charge in [-0.2, -0.15) is 8.42 Å². The van der Waals surface area contributed by atoms with Crippen LogP contribution >= 0.6 is 0 Å². The molecule has 106 valence electrons. The van der Waals surface area contributed by atoms with Crippen LogP contribution in [0, 0.1) is 10.8 Å². The van der Waals surface area contributed by atoms with Gasteiger partial charge in [0, 0.05) is 6.61 Å². The predicted octanol–water partition coefficient (Wildman–Crippen LogP) is 3.05. The summed E-state index contributed by atoms with van der Waals surface area (Å²) >= 11 is 0. The summed E-state index contributed by atoms with van der Waals surface area (Å²) in [6.45, 7) is 5.08. The monoisotopic (exact) mass is 278 g/mol. The van der Waals surface area contributed by atoms with E-state index in [9.17, 15) is 12.3 Å². The molecular weight excluding hydrogens is 255 g/mol. The summed E-state index contributed by atoms with van der Waals surface area (Å²) in [6, 6.07) is 0. The molecule has 1 saturated heterocycles. The number of hydrogen-bond donors (Lipinski definition) is 0. The molecule has 1 aliphatic heterocycles. The highest BCUT2D eigenvalue weighted by molar-refractivity contribution is 7.86. The van der Waals surface area contributed by atoms with Crippen molar-refractivity contribution in [2.24, 2.45) is 10.8 Å². The normalized spacial score (nSPS) is 36.7. The average molecular weight is 278 g/mol. The van der Waals surface area contributed by atoms with Crippen molar-refractivity contribution in [1.82, 2.24) is 0 Å². The summed E-state index contributed by atoms with van der Waals surface area (Å²) in [7, 11) is -4.45. The first-order valence-electron chi connectivity index (χ1n) is 6.77. The minimum Gasteiger partial charge on any atom is -0.376 e. The molecule has 2 rings (SSSR count). The minimum absolute atomic E-state index is 0.104. The lowest BCUT2D eigenvalue weighted by Gasteiger charge is -2.33. The van der Waals surface area contributed by atoms with Crippen molar-refractivity contribution in [3.05, 3.63) is 0 Å². The molecular formula is C13H23FO3S. The fraction of sp³-hybridized carbons (Fsp3) is 1.00. The molecule has 1 spiro atoms. The second-order valence-electron chi connectivity index (χ2n) is 6.70. The van der Waals surface area contributed by atoms with E-state index in [0.717, 1.165) is 38.5 Å². The van der Waals surface area contributed by atoms with Gasteiger partial charge in [-0.05, 0) is 42.9 Å². The Labute approximate surface area is 109 Å². The van der Waals surface area contributed by atoms with E-state index < -0.39 is 22.1 Å². The summed E-state index contributed by atoms with van der Waals surface area (Å²) in [6.07, 6.45) is 5.67. The molecule has 1 heterocycles. The summed E-state index contributed by atoms with van der Waals surface area (Å²) in [4.78, 5) is 0. The Kier molecular flexibility index (Phi) is 3.76. The highest BCUT2D eigenvalue weighted by atomic mass is 32.3. The lowest BCUT2D eigenvalue weighted by atomic mass is 9.74. The Morgan fingerprint density at radius 2 is 1.89 bits per heavy atom. The largest absolute Gasteiger partial charge is 0.376 e. The maximum Gasteiger partial charge on any atom is 0.304 e. The summed E-state index contributed by atoms with van der Waals surface area (Å²) in [5, 5.41) is 0. The van der Waals surface area contributed by atoms with Crippen molar-refractivity contribution < 1.29 is 17.0 Å². The number of hydrogen-bond acceptors (Lipinski definition) is 3. The first-order chi connectivity index (χ1) is 8.23. The van der Waals surface area contributed by atoms with Crippen LogP contribution in [0.1, 0.15) is 52.4 Å². The van der Waals surface area contributed by atoms with E-state index in [0.29, 0.717) is 12.0 Å². The predicted molar refractivity (Wildman–Crippen MR) is 68.6 cm³/mol. The highest BCUT2D eigenvalue weighted by Gasteiger charge is 2.47. The van der Waals surface area contributed by atoms with Crippen molar-refractivity contribution in [1.29, 1.82) is 0 Å². The second-order valence-corrected chi connectivity index (χ2v) is 8.11. The second kappa shape index (κ2) is 4.75. The average Bonchev–Trinajstić information content (AvgIpc) is 2.48. The van der Waals surface area contributed by atoms with Gasteiger partial charge in [0.25, 0.3) is 0 Å². The summed E-state index contributed by atoms with van der Waals surface area (Å²) in [5.41, 5.74) is 0.207. The van der Waals surface area contributed by atoms with Gasteiger partial charge in [-0.3, -0.25) is 0 Å². The Morgan fingerprint density at radius 1 is 1.17 bits per heavy atom. The van der Waals surface area contributed by atoms with Gasteiger partial charge in [0.1, 0.15) is 5.75 Å². The Hall–Kier alpha value is -0.160. The third-order valence-corrected chi connectivity index (χ3v) is 5.48. The van der Waals surface area contributed by atoms with Gasteiger partial charge in [-0.1, -0.05) is 20.3 Å². The van der Waals surface area contributed by atoms with E-state index in [2.05, 4.69) is 13.8 Å². The SMILES string of the molecule is CC1(C)CCCC2(CCOC2CS(=O)(=O)F)CC1. The fourth-order valence-corrected chi connectivity index (χ4v) is 4.29. The quantitative estimate of drug-likeness (QED) is 0.729. The van der Waals surface area contributed by atoms with E-state index in [-0.39, 0.29) is 5.41 Å². The van der Waals surface area contributed by atoms with Crippen molar-refractivity contribution >= 4 is 10.2 Å². The highest BCUT2D eigenvalue weighted by Crippen LogP contribution is 2.50. The number of halogens is 1. The van der Waals surface area contributed by atoms with Gasteiger partial charge in [0.05, 0.1) is 6.10 Å². The third kappa shape index (κ3) is 3.23. The molecule has 5 heteroatoms. The van der Waals surface area contributed by atoms with E-state index in [1.807, 2.05) is 0 Å². The van der Waals surface area contributed by atoms with Crippen LogP contribution in [-0.4, -0.2) is 26.9 Å². The van der Waals surface area contributed by atoms with Crippen molar-refractivity contribution in [3.63, 3.8) is 0 Å². The first kappa shape index (κ1) is 14.3. The number of ether oxygens (including phenoxy) is 1. The lowest BCUT2D eigenvalue weighted by molar-refractivity contribution is 0.0554. The summed E-state index contributed by atoms with van der Waals surface area (Å²) < 4.78 is 40.2. The maximum absolute atomic E-state index is 12.9. The molecule has 0 aromatic heterocycles. The molecule has 0 aromatic carbocycles. The fourth-order valence-electron chi connectivity index (χ4n) is 3.48. The molecule has 0 N–H and O–H groups in total. The zero-order chi connectivity index (χ0) is 13.4. The van der Waals surface area contributed by atoms with E-state index >= 15 is 0 Å².